The van der Waals surface area contributed by atoms with E-state index in [0.717, 1.165) is 69.3 Å². The van der Waals surface area contributed by atoms with E-state index in [1.54, 1.807) is 18.3 Å². The van der Waals surface area contributed by atoms with Gasteiger partial charge in [-0.1, -0.05) is 61.8 Å². The number of nitrogens with one attached hydrogen (secondary N) is 1. The number of allylic oxidation sites excluding steroid dienone is 4. The van der Waals surface area contributed by atoms with Gasteiger partial charge in [-0.3, -0.25) is 4.72 Å². The number of halogens is 3. The number of rotatable bonds is 6. The Morgan fingerprint density at radius 2 is 1.91 bits per heavy atom. The molecular formula is C31H39F3N6O4S2. The summed E-state index contributed by atoms with van der Waals surface area (Å²) in [6.07, 6.45) is 8.55. The number of fused-ring (bicyclic) bond motifs is 6. The Morgan fingerprint density at radius 1 is 1.13 bits per heavy atom. The molecule has 46 heavy (non-hydrogen) atoms. The number of ether oxygens (including phenoxy) is 1. The summed E-state index contributed by atoms with van der Waals surface area (Å²) in [7, 11) is -4.17. The summed E-state index contributed by atoms with van der Waals surface area (Å²) in [5.41, 5.74) is -0.941. The molecule has 0 aromatic carbocycles. The van der Waals surface area contributed by atoms with Crippen molar-refractivity contribution in [1.29, 1.82) is 0 Å². The van der Waals surface area contributed by atoms with Gasteiger partial charge < -0.3 is 14.7 Å². The van der Waals surface area contributed by atoms with E-state index in [0.29, 0.717) is 29.6 Å². The second-order valence-electron chi connectivity index (χ2n) is 12.5. The lowest BCUT2D eigenvalue weighted by Gasteiger charge is -2.33. The standard InChI is InChI=1S/C31H39F3N6O4S2/c1-29(2,31(32,33)34)21-44-24-14-18-40(37-24)27-26-22-11-6-8-16-30(22,3)15-7-4-5-9-17-39(19-20-41)23-12-10-13-25(35-23)46(42,43)38-28(36-26)45-27/h6,8,10-14,18,41H,4-5,7,9,15-17,19-21H2,1-3H3,(H,36,38). The predicted molar refractivity (Wildman–Crippen MR) is 172 cm³/mol. The van der Waals surface area contributed by atoms with Gasteiger partial charge in [0.2, 0.25) is 5.88 Å². The number of thiazole rings is 1. The minimum absolute atomic E-state index is 0.00184. The Bertz CT molecular complexity index is 1700. The Balaban J connectivity index is 1.55. The van der Waals surface area contributed by atoms with Crippen molar-refractivity contribution in [3.63, 3.8) is 0 Å². The van der Waals surface area contributed by atoms with Crippen molar-refractivity contribution in [3.8, 4) is 10.9 Å². The van der Waals surface area contributed by atoms with Gasteiger partial charge in [-0.25, -0.2) is 14.6 Å². The summed E-state index contributed by atoms with van der Waals surface area (Å²) in [5, 5.41) is 14.4. The third-order valence-electron chi connectivity index (χ3n) is 8.41. The quantitative estimate of drug-likeness (QED) is 0.299. The monoisotopic (exact) mass is 680 g/mol. The molecule has 10 nitrogen and oxygen atoms in total. The summed E-state index contributed by atoms with van der Waals surface area (Å²) in [5.74, 6) is 0.455. The van der Waals surface area contributed by atoms with E-state index in [1.165, 1.54) is 16.8 Å². The van der Waals surface area contributed by atoms with Gasteiger partial charge >= 0.3 is 6.18 Å². The number of hydrogen-bond acceptors (Lipinski definition) is 9. The molecule has 5 rings (SSSR count). The lowest BCUT2D eigenvalue weighted by Crippen LogP contribution is -2.37. The molecular weight excluding hydrogens is 642 g/mol. The number of β-amino-alcohol motifs (C(OH)–C–C–N with tert-alkyl or cyclic N) is 1. The molecule has 0 saturated carbocycles. The Kier molecular flexibility index (Phi) is 9.85. The second-order valence-corrected chi connectivity index (χ2v) is 15.1. The highest BCUT2D eigenvalue weighted by Gasteiger charge is 2.48. The number of aliphatic hydroxyl groups is 1. The van der Waals surface area contributed by atoms with E-state index in [9.17, 15) is 26.7 Å². The number of pyridine rings is 1. The molecule has 0 fully saturated rings. The molecule has 250 valence electrons. The van der Waals surface area contributed by atoms with Crippen molar-refractivity contribution >= 4 is 37.9 Å². The zero-order valence-corrected chi connectivity index (χ0v) is 27.7. The smallest absolute Gasteiger partial charge is 0.397 e. The van der Waals surface area contributed by atoms with Crippen LogP contribution in [0, 0.1) is 10.8 Å². The lowest BCUT2D eigenvalue weighted by molar-refractivity contribution is -0.219. The van der Waals surface area contributed by atoms with Gasteiger partial charge in [-0.2, -0.15) is 21.6 Å². The topological polar surface area (TPSA) is 122 Å². The lowest BCUT2D eigenvalue weighted by atomic mass is 9.71. The number of nitrogens with zero attached hydrogens (tertiary/aromatic N) is 5. The SMILES string of the molecule is CC12CC=CC=C1c1nc(sc1-n1ccc(OCC(C)(C)C(F)(F)F)n1)NS(=O)(=O)c1cccc(n1)N(CCO)CCCCCC2. The van der Waals surface area contributed by atoms with Crippen molar-refractivity contribution < 1.29 is 31.4 Å². The summed E-state index contributed by atoms with van der Waals surface area (Å²) >= 11 is 1.06. The van der Waals surface area contributed by atoms with Crippen LogP contribution in [0.5, 0.6) is 5.88 Å². The third-order valence-corrected chi connectivity index (χ3v) is 10.7. The molecule has 0 spiro atoms. The van der Waals surface area contributed by atoms with Crippen molar-refractivity contribution in [1.82, 2.24) is 19.7 Å². The van der Waals surface area contributed by atoms with Crippen LogP contribution in [0.25, 0.3) is 10.6 Å². The predicted octanol–water partition coefficient (Wildman–Crippen LogP) is 6.60. The van der Waals surface area contributed by atoms with Gasteiger partial charge in [-0.05, 0) is 56.2 Å². The van der Waals surface area contributed by atoms with Crippen LogP contribution in [0.4, 0.5) is 24.1 Å². The van der Waals surface area contributed by atoms with Gasteiger partial charge in [0.15, 0.2) is 10.2 Å². The first-order valence-corrected chi connectivity index (χ1v) is 17.5. The maximum absolute atomic E-state index is 13.6. The number of aliphatic hydroxyl groups excluding tert-OH is 1. The fraction of sp³-hybridized carbons (Fsp3) is 0.516. The first-order valence-electron chi connectivity index (χ1n) is 15.2. The molecule has 3 aromatic heterocycles. The molecule has 4 bridgehead atoms. The van der Waals surface area contributed by atoms with Crippen molar-refractivity contribution in [2.75, 3.05) is 35.9 Å². The van der Waals surface area contributed by atoms with Gasteiger partial charge in [0.1, 0.15) is 23.1 Å². The molecule has 2 N–H and O–H groups in total. The van der Waals surface area contributed by atoms with Crippen molar-refractivity contribution in [2.45, 2.75) is 70.5 Å². The zero-order valence-electron chi connectivity index (χ0n) is 26.0. The van der Waals surface area contributed by atoms with Crippen LogP contribution >= 0.6 is 11.3 Å². The zero-order chi connectivity index (χ0) is 33.2. The molecule has 1 unspecified atom stereocenters. The molecule has 1 aliphatic heterocycles. The van der Waals surface area contributed by atoms with Crippen molar-refractivity contribution in [3.05, 3.63) is 54.4 Å². The van der Waals surface area contributed by atoms with Crippen LogP contribution in [0.1, 0.15) is 65.0 Å². The second kappa shape index (κ2) is 13.4. The molecule has 0 saturated heterocycles. The van der Waals surface area contributed by atoms with Crippen LogP contribution in [-0.2, 0) is 10.0 Å². The van der Waals surface area contributed by atoms with E-state index in [2.05, 4.69) is 27.8 Å². The Labute approximate surface area is 271 Å². The van der Waals surface area contributed by atoms with E-state index >= 15 is 0 Å². The van der Waals surface area contributed by atoms with Crippen molar-refractivity contribution in [2.24, 2.45) is 10.8 Å². The minimum Gasteiger partial charge on any atom is -0.476 e. The average molecular weight is 681 g/mol. The van der Waals surface area contributed by atoms with Crippen LogP contribution in [0.3, 0.4) is 0 Å². The summed E-state index contributed by atoms with van der Waals surface area (Å²) < 4.78 is 76.9. The maximum Gasteiger partial charge on any atom is 0.397 e. The first kappa shape index (κ1) is 33.9. The average Bonchev–Trinajstić information content (AvgIpc) is 3.63. The number of alkyl halides is 3. The Hall–Kier alpha value is -3.43. The highest BCUT2D eigenvalue weighted by atomic mass is 32.2. The fourth-order valence-corrected chi connectivity index (χ4v) is 7.57. The largest absolute Gasteiger partial charge is 0.476 e. The van der Waals surface area contributed by atoms with Gasteiger partial charge in [0.05, 0.1) is 12.0 Å². The number of anilines is 2. The number of aromatic nitrogens is 4. The third kappa shape index (κ3) is 7.41. The molecule has 15 heteroatoms. The first-order chi connectivity index (χ1) is 21.7. The summed E-state index contributed by atoms with van der Waals surface area (Å²) in [6.45, 7) is 4.53. The maximum atomic E-state index is 13.6. The normalized spacial score (nSPS) is 20.8. The molecule has 1 aliphatic carbocycles. The van der Waals surface area contributed by atoms with Gasteiger partial charge in [0.25, 0.3) is 10.0 Å². The summed E-state index contributed by atoms with van der Waals surface area (Å²) in [6, 6.07) is 6.21. The number of sulfonamides is 1. The molecule has 0 amide bonds. The van der Waals surface area contributed by atoms with E-state index in [-0.39, 0.29) is 28.1 Å². The highest BCUT2D eigenvalue weighted by Crippen LogP contribution is 2.48. The van der Waals surface area contributed by atoms with Crippen LogP contribution < -0.4 is 14.4 Å². The fourth-order valence-electron chi connectivity index (χ4n) is 5.45. The van der Waals surface area contributed by atoms with E-state index in [1.807, 2.05) is 17.1 Å². The van der Waals surface area contributed by atoms with Gasteiger partial charge in [0, 0.05) is 25.4 Å². The molecule has 3 aromatic rings. The molecule has 0 radical (unpaired) electrons. The van der Waals surface area contributed by atoms with Crippen LogP contribution in [0.15, 0.2) is 53.7 Å². The Morgan fingerprint density at radius 3 is 2.67 bits per heavy atom. The van der Waals surface area contributed by atoms with Crippen LogP contribution in [-0.4, -0.2) is 65.8 Å². The molecule has 4 heterocycles. The van der Waals surface area contributed by atoms with Crippen LogP contribution in [0.2, 0.25) is 0 Å². The molecule has 1 atom stereocenters. The highest BCUT2D eigenvalue weighted by molar-refractivity contribution is 7.92. The van der Waals surface area contributed by atoms with E-state index < -0.39 is 28.2 Å². The summed E-state index contributed by atoms with van der Waals surface area (Å²) in [4.78, 5) is 11.1. The van der Waals surface area contributed by atoms with E-state index in [4.69, 9.17) is 9.72 Å². The number of hydrogen-bond donors (Lipinski definition) is 2. The van der Waals surface area contributed by atoms with Gasteiger partial charge in [-0.15, -0.1) is 5.10 Å². The minimum atomic E-state index is -4.46. The molecule has 2 aliphatic rings.